The molecular formula is C33H38N8O4. The molecule has 0 radical (unpaired) electrons. The number of nitrogens with zero attached hydrogens (tertiary/aromatic N) is 7. The van der Waals surface area contributed by atoms with Crippen LogP contribution in [-0.4, -0.2) is 65.1 Å². The summed E-state index contributed by atoms with van der Waals surface area (Å²) in [6.45, 7) is 8.04. The van der Waals surface area contributed by atoms with Gasteiger partial charge >= 0.3 is 0 Å². The molecule has 12 nitrogen and oxygen atoms in total. The SMILES string of the molecule is COCCN1CCn2nc(Nc3cc(-c4ccnc(-n5ccn6c7c(cc6c5=O)CC(C)(C)C7)c4CO)cn(C)c3=O)cc2C1. The van der Waals surface area contributed by atoms with Gasteiger partial charge in [0.2, 0.25) is 0 Å². The highest BCUT2D eigenvalue weighted by Crippen LogP contribution is 2.37. The maximum atomic E-state index is 13.8. The van der Waals surface area contributed by atoms with Gasteiger partial charge in [-0.2, -0.15) is 5.10 Å². The van der Waals surface area contributed by atoms with Gasteiger partial charge in [0.25, 0.3) is 11.1 Å². The number of hydrogen-bond acceptors (Lipinski definition) is 8. The highest BCUT2D eigenvalue weighted by molar-refractivity contribution is 5.73. The normalized spacial score (nSPS) is 15.8. The van der Waals surface area contributed by atoms with Crippen LogP contribution in [0, 0.1) is 5.41 Å². The highest BCUT2D eigenvalue weighted by atomic mass is 16.5. The van der Waals surface area contributed by atoms with E-state index in [-0.39, 0.29) is 23.1 Å². The van der Waals surface area contributed by atoms with Crippen LogP contribution in [0.4, 0.5) is 11.5 Å². The Labute approximate surface area is 260 Å². The predicted molar refractivity (Wildman–Crippen MR) is 171 cm³/mol. The Kier molecular flexibility index (Phi) is 7.22. The molecule has 1 aliphatic heterocycles. The van der Waals surface area contributed by atoms with Crippen LogP contribution in [0.3, 0.4) is 0 Å². The molecule has 6 heterocycles. The molecule has 1 aliphatic carbocycles. The van der Waals surface area contributed by atoms with Crippen LogP contribution in [0.25, 0.3) is 22.5 Å². The largest absolute Gasteiger partial charge is 0.392 e. The summed E-state index contributed by atoms with van der Waals surface area (Å²) in [6, 6.07) is 7.51. The van der Waals surface area contributed by atoms with Gasteiger partial charge < -0.3 is 24.1 Å². The fraction of sp³-hybridized carbons (Fsp3) is 0.394. The topological polar surface area (TPSA) is 124 Å². The van der Waals surface area contributed by atoms with E-state index in [1.54, 1.807) is 44.9 Å². The second-order valence-corrected chi connectivity index (χ2v) is 12.9. The molecule has 0 amide bonds. The summed E-state index contributed by atoms with van der Waals surface area (Å²) in [5.74, 6) is 0.945. The zero-order valence-corrected chi connectivity index (χ0v) is 26.1. The molecule has 0 spiro atoms. The number of ether oxygens (including phenoxy) is 1. The monoisotopic (exact) mass is 610 g/mol. The minimum absolute atomic E-state index is 0.173. The molecule has 2 N–H and O–H groups in total. The molecule has 5 aromatic rings. The van der Waals surface area contributed by atoms with Crippen molar-refractivity contribution < 1.29 is 9.84 Å². The third-order valence-electron chi connectivity index (χ3n) is 9.01. The minimum Gasteiger partial charge on any atom is -0.392 e. The van der Waals surface area contributed by atoms with Crippen molar-refractivity contribution in [3.8, 4) is 16.9 Å². The summed E-state index contributed by atoms with van der Waals surface area (Å²) < 4.78 is 12.2. The Morgan fingerprint density at radius 1 is 1.09 bits per heavy atom. The lowest BCUT2D eigenvalue weighted by Crippen LogP contribution is -2.35. The van der Waals surface area contributed by atoms with Gasteiger partial charge in [0.05, 0.1) is 25.5 Å². The van der Waals surface area contributed by atoms with Crippen LogP contribution in [0.1, 0.15) is 36.4 Å². The van der Waals surface area contributed by atoms with E-state index >= 15 is 0 Å². The first-order chi connectivity index (χ1) is 21.7. The number of aromatic nitrogens is 6. The number of aliphatic hydroxyl groups is 1. The summed E-state index contributed by atoms with van der Waals surface area (Å²) in [5, 5.41) is 18.5. The van der Waals surface area contributed by atoms with Crippen molar-refractivity contribution in [2.75, 3.05) is 32.1 Å². The van der Waals surface area contributed by atoms with Gasteiger partial charge in [-0.3, -0.25) is 23.7 Å². The lowest BCUT2D eigenvalue weighted by atomic mass is 9.90. The second-order valence-electron chi connectivity index (χ2n) is 12.9. The van der Waals surface area contributed by atoms with Gasteiger partial charge in [0.1, 0.15) is 17.0 Å². The van der Waals surface area contributed by atoms with E-state index in [0.29, 0.717) is 46.1 Å². The van der Waals surface area contributed by atoms with Crippen molar-refractivity contribution in [2.24, 2.45) is 12.5 Å². The van der Waals surface area contributed by atoms with Crippen molar-refractivity contribution in [3.63, 3.8) is 0 Å². The standard InChI is InChI=1S/C33H38N8O4/c1-33(2)16-21-14-27-32(44)40(9-8-39(27)28(21)17-33)30-25(20-42)24(5-6-34-30)22-13-26(31(43)37(3)18-22)35-29-15-23-19-38(11-12-45-4)7-10-41(23)36-29/h5-6,8-9,13-15,18,42H,7,10-12,16-17,19-20H2,1-4H3,(H,35,36). The molecule has 0 bridgehead atoms. The molecule has 234 valence electrons. The average molecular weight is 611 g/mol. The van der Waals surface area contributed by atoms with E-state index in [0.717, 1.165) is 44.7 Å². The first-order valence-corrected chi connectivity index (χ1v) is 15.3. The minimum atomic E-state index is -0.346. The van der Waals surface area contributed by atoms with Crippen molar-refractivity contribution in [1.82, 2.24) is 33.2 Å². The average Bonchev–Trinajstić information content (AvgIpc) is 3.67. The molecule has 0 saturated carbocycles. The van der Waals surface area contributed by atoms with Crippen molar-refractivity contribution in [1.29, 1.82) is 0 Å². The first-order valence-electron chi connectivity index (χ1n) is 15.3. The third-order valence-corrected chi connectivity index (χ3v) is 9.01. The summed E-state index contributed by atoms with van der Waals surface area (Å²) in [6.07, 6.45) is 8.81. The first kappa shape index (κ1) is 29.2. The van der Waals surface area contributed by atoms with E-state index in [1.165, 1.54) is 20.4 Å². The fourth-order valence-electron chi connectivity index (χ4n) is 6.82. The molecule has 45 heavy (non-hydrogen) atoms. The van der Waals surface area contributed by atoms with Crippen LogP contribution >= 0.6 is 0 Å². The number of fused-ring (bicyclic) bond motifs is 4. The summed E-state index contributed by atoms with van der Waals surface area (Å²) in [5.41, 5.74) is 6.00. The molecule has 2 aliphatic rings. The van der Waals surface area contributed by atoms with Crippen molar-refractivity contribution >= 4 is 17.0 Å². The molecular weight excluding hydrogens is 572 g/mol. The number of hydrogen-bond donors (Lipinski definition) is 2. The number of aryl methyl sites for hydroxylation is 1. The molecule has 0 atom stereocenters. The quantitative estimate of drug-likeness (QED) is 0.275. The molecule has 5 aromatic heterocycles. The number of anilines is 2. The Morgan fingerprint density at radius 3 is 2.73 bits per heavy atom. The highest BCUT2D eigenvalue weighted by Gasteiger charge is 2.32. The fourth-order valence-corrected chi connectivity index (χ4v) is 6.82. The van der Waals surface area contributed by atoms with Gasteiger partial charge in [-0.05, 0) is 47.6 Å². The van der Waals surface area contributed by atoms with E-state index in [1.807, 2.05) is 27.4 Å². The lowest BCUT2D eigenvalue weighted by molar-refractivity contribution is 0.129. The number of aliphatic hydroxyl groups excluding tert-OH is 1. The lowest BCUT2D eigenvalue weighted by Gasteiger charge is -2.26. The zero-order valence-electron chi connectivity index (χ0n) is 26.1. The summed E-state index contributed by atoms with van der Waals surface area (Å²) in [7, 11) is 3.39. The van der Waals surface area contributed by atoms with Crippen LogP contribution in [0.15, 0.2) is 58.6 Å². The van der Waals surface area contributed by atoms with E-state index in [9.17, 15) is 14.7 Å². The smallest absolute Gasteiger partial charge is 0.280 e. The van der Waals surface area contributed by atoms with E-state index < -0.39 is 0 Å². The van der Waals surface area contributed by atoms with Gasteiger partial charge in [0.15, 0.2) is 5.82 Å². The molecule has 0 saturated heterocycles. The summed E-state index contributed by atoms with van der Waals surface area (Å²) >= 11 is 0. The molecule has 7 rings (SSSR count). The maximum absolute atomic E-state index is 13.8. The van der Waals surface area contributed by atoms with Gasteiger partial charge in [-0.15, -0.1) is 0 Å². The van der Waals surface area contributed by atoms with Crippen LogP contribution < -0.4 is 16.4 Å². The number of methoxy groups -OCH3 is 1. The van der Waals surface area contributed by atoms with Crippen molar-refractivity contribution in [2.45, 2.75) is 46.4 Å². The summed E-state index contributed by atoms with van der Waals surface area (Å²) in [4.78, 5) is 33.8. The zero-order chi connectivity index (χ0) is 31.5. The number of pyridine rings is 2. The Bertz CT molecular complexity index is 2050. The van der Waals surface area contributed by atoms with Gasteiger partial charge in [-0.1, -0.05) is 13.8 Å². The van der Waals surface area contributed by atoms with Crippen LogP contribution in [0.2, 0.25) is 0 Å². The predicted octanol–water partition coefficient (Wildman–Crippen LogP) is 2.87. The molecule has 12 heteroatoms. The number of nitrogens with one attached hydrogen (secondary N) is 1. The number of rotatable bonds is 8. The molecule has 0 unspecified atom stereocenters. The van der Waals surface area contributed by atoms with E-state index in [4.69, 9.17) is 9.84 Å². The van der Waals surface area contributed by atoms with Crippen LogP contribution in [-0.2, 0) is 44.3 Å². The molecule has 0 aromatic carbocycles. The Balaban J connectivity index is 1.23. The van der Waals surface area contributed by atoms with Crippen LogP contribution in [0.5, 0.6) is 0 Å². The van der Waals surface area contributed by atoms with Gasteiger partial charge in [-0.25, -0.2) is 4.98 Å². The third kappa shape index (κ3) is 5.18. The van der Waals surface area contributed by atoms with Crippen molar-refractivity contribution in [3.05, 3.63) is 92.3 Å². The second kappa shape index (κ2) is 11.1. The Hall–Kier alpha value is -4.52. The van der Waals surface area contributed by atoms with Gasteiger partial charge in [0, 0.05) is 81.5 Å². The van der Waals surface area contributed by atoms with E-state index in [2.05, 4.69) is 29.0 Å². The Morgan fingerprint density at radius 2 is 1.93 bits per heavy atom. The maximum Gasteiger partial charge on any atom is 0.280 e. The molecule has 0 fully saturated rings.